The van der Waals surface area contributed by atoms with Crippen molar-refractivity contribution in [3.63, 3.8) is 0 Å². The van der Waals surface area contributed by atoms with Crippen LogP contribution in [-0.2, 0) is 4.79 Å². The predicted octanol–water partition coefficient (Wildman–Crippen LogP) is 6.07. The summed E-state index contributed by atoms with van der Waals surface area (Å²) in [7, 11) is 0. The molecule has 1 amide bonds. The standard InChI is InChI=1S/C19H16BrCl2N3OS/c1-19(2)24-17(11-3-5-12(20)6-4-11)18(25-19)27-10-16(26)23-13-7-8-14(21)15(22)9-13/h3-9H,10H2,1-2H3,(H,23,26). The zero-order chi connectivity index (χ0) is 19.6. The van der Waals surface area contributed by atoms with Crippen molar-refractivity contribution in [2.75, 3.05) is 11.1 Å². The molecule has 1 aliphatic rings. The molecule has 2 aromatic rings. The lowest BCUT2D eigenvalue weighted by atomic mass is 10.1. The third-order valence-electron chi connectivity index (χ3n) is 3.62. The molecule has 1 N–H and O–H groups in total. The Labute approximate surface area is 180 Å². The van der Waals surface area contributed by atoms with Crippen LogP contribution in [0.1, 0.15) is 19.4 Å². The van der Waals surface area contributed by atoms with Crippen LogP contribution in [0.5, 0.6) is 0 Å². The lowest BCUT2D eigenvalue weighted by Crippen LogP contribution is -2.17. The van der Waals surface area contributed by atoms with Crippen LogP contribution >= 0.6 is 50.9 Å². The van der Waals surface area contributed by atoms with Crippen LogP contribution in [0.3, 0.4) is 0 Å². The largest absolute Gasteiger partial charge is 0.325 e. The average molecular weight is 485 g/mol. The third-order valence-corrected chi connectivity index (χ3v) is 5.86. The maximum Gasteiger partial charge on any atom is 0.234 e. The third kappa shape index (κ3) is 5.35. The molecule has 0 radical (unpaired) electrons. The molecule has 0 fully saturated rings. The molecule has 2 aromatic carbocycles. The Hall–Kier alpha value is -1.34. The van der Waals surface area contributed by atoms with E-state index in [0.717, 1.165) is 20.8 Å². The minimum absolute atomic E-state index is 0.152. The SMILES string of the molecule is CC1(C)N=C(SCC(=O)Nc2ccc(Cl)c(Cl)c2)C(c2ccc(Br)cc2)=N1. The predicted molar refractivity (Wildman–Crippen MR) is 120 cm³/mol. The highest BCUT2D eigenvalue weighted by molar-refractivity contribution is 9.10. The number of thioether (sulfide) groups is 1. The molecule has 0 bridgehead atoms. The second-order valence-electron chi connectivity index (χ2n) is 6.34. The van der Waals surface area contributed by atoms with Crippen LogP contribution in [0.15, 0.2) is 56.9 Å². The molecule has 1 heterocycles. The maximum absolute atomic E-state index is 12.3. The van der Waals surface area contributed by atoms with E-state index < -0.39 is 5.66 Å². The van der Waals surface area contributed by atoms with E-state index in [2.05, 4.69) is 26.2 Å². The zero-order valence-electron chi connectivity index (χ0n) is 14.6. The lowest BCUT2D eigenvalue weighted by molar-refractivity contribution is -0.113. The second-order valence-corrected chi connectivity index (χ2v) is 9.04. The van der Waals surface area contributed by atoms with Gasteiger partial charge in [-0.2, -0.15) is 0 Å². The van der Waals surface area contributed by atoms with Gasteiger partial charge in [-0.1, -0.05) is 63.0 Å². The first-order chi connectivity index (χ1) is 12.7. The number of amides is 1. The van der Waals surface area contributed by atoms with E-state index in [0.29, 0.717) is 15.7 Å². The van der Waals surface area contributed by atoms with E-state index >= 15 is 0 Å². The van der Waals surface area contributed by atoms with Gasteiger partial charge in [-0.05, 0) is 44.2 Å². The number of aliphatic imine (C=N–C) groups is 2. The summed E-state index contributed by atoms with van der Waals surface area (Å²) in [5.74, 6) is 0.0611. The Morgan fingerprint density at radius 3 is 2.48 bits per heavy atom. The molecule has 0 unspecified atom stereocenters. The van der Waals surface area contributed by atoms with Crippen LogP contribution in [0.2, 0.25) is 10.0 Å². The highest BCUT2D eigenvalue weighted by Crippen LogP contribution is 2.28. The maximum atomic E-state index is 12.3. The Balaban J connectivity index is 1.68. The van der Waals surface area contributed by atoms with Gasteiger partial charge in [-0.3, -0.25) is 9.79 Å². The highest BCUT2D eigenvalue weighted by Gasteiger charge is 2.28. The number of hydrogen-bond donors (Lipinski definition) is 1. The van der Waals surface area contributed by atoms with Crippen LogP contribution in [0.4, 0.5) is 5.69 Å². The minimum atomic E-state index is -0.537. The molecule has 0 spiro atoms. The molecule has 1 aliphatic heterocycles. The normalized spacial score (nSPS) is 15.3. The monoisotopic (exact) mass is 483 g/mol. The minimum Gasteiger partial charge on any atom is -0.325 e. The first kappa shape index (κ1) is 20.4. The van der Waals surface area contributed by atoms with Gasteiger partial charge in [-0.15, -0.1) is 0 Å². The van der Waals surface area contributed by atoms with E-state index in [4.69, 9.17) is 28.2 Å². The van der Waals surface area contributed by atoms with Crippen molar-refractivity contribution in [3.05, 3.63) is 62.5 Å². The molecule has 0 atom stereocenters. The van der Waals surface area contributed by atoms with Gasteiger partial charge >= 0.3 is 0 Å². The van der Waals surface area contributed by atoms with Crippen LogP contribution in [-0.4, -0.2) is 28.1 Å². The van der Waals surface area contributed by atoms with Gasteiger partial charge in [0.2, 0.25) is 5.91 Å². The van der Waals surface area contributed by atoms with Gasteiger partial charge in [0.1, 0.15) is 10.7 Å². The number of carbonyl (C=O) groups excluding carboxylic acids is 1. The summed E-state index contributed by atoms with van der Waals surface area (Å²) in [6, 6.07) is 12.9. The van der Waals surface area contributed by atoms with E-state index in [1.54, 1.807) is 18.2 Å². The van der Waals surface area contributed by atoms with Crippen molar-refractivity contribution >= 4 is 73.2 Å². The quantitative estimate of drug-likeness (QED) is 0.572. The Morgan fingerprint density at radius 1 is 1.11 bits per heavy atom. The van der Waals surface area contributed by atoms with Crippen molar-refractivity contribution in [1.29, 1.82) is 0 Å². The van der Waals surface area contributed by atoms with Gasteiger partial charge < -0.3 is 5.32 Å². The molecule has 8 heteroatoms. The first-order valence-electron chi connectivity index (χ1n) is 8.07. The van der Waals surface area contributed by atoms with Gasteiger partial charge in [0.25, 0.3) is 0 Å². The van der Waals surface area contributed by atoms with E-state index in [-0.39, 0.29) is 11.7 Å². The summed E-state index contributed by atoms with van der Waals surface area (Å²) in [5.41, 5.74) is 1.84. The number of nitrogens with zero attached hydrogens (tertiary/aromatic N) is 2. The topological polar surface area (TPSA) is 53.8 Å². The van der Waals surface area contributed by atoms with Crippen molar-refractivity contribution in [1.82, 2.24) is 0 Å². The summed E-state index contributed by atoms with van der Waals surface area (Å²) < 4.78 is 0.997. The van der Waals surface area contributed by atoms with Crippen LogP contribution < -0.4 is 5.32 Å². The Morgan fingerprint density at radius 2 is 1.81 bits per heavy atom. The molecule has 140 valence electrons. The molecule has 0 saturated carbocycles. The number of rotatable bonds is 4. The number of halogens is 3. The smallest absolute Gasteiger partial charge is 0.234 e. The Bertz CT molecular complexity index is 942. The van der Waals surface area contributed by atoms with Crippen molar-refractivity contribution in [2.45, 2.75) is 19.5 Å². The zero-order valence-corrected chi connectivity index (χ0v) is 18.5. The van der Waals surface area contributed by atoms with Gasteiger partial charge in [0, 0.05) is 15.7 Å². The first-order valence-corrected chi connectivity index (χ1v) is 10.6. The number of benzene rings is 2. The molecule has 4 nitrogen and oxygen atoms in total. The van der Waals surface area contributed by atoms with Gasteiger partial charge in [-0.25, -0.2) is 4.99 Å². The lowest BCUT2D eigenvalue weighted by Gasteiger charge is -2.08. The summed E-state index contributed by atoms with van der Waals surface area (Å²) in [5, 5.41) is 4.41. The summed E-state index contributed by atoms with van der Waals surface area (Å²) in [4.78, 5) is 21.7. The fourth-order valence-electron chi connectivity index (χ4n) is 2.45. The summed E-state index contributed by atoms with van der Waals surface area (Å²) >= 11 is 16.7. The Kier molecular flexibility index (Phi) is 6.31. The summed E-state index contributed by atoms with van der Waals surface area (Å²) in [6.07, 6.45) is 0. The van der Waals surface area contributed by atoms with Crippen LogP contribution in [0.25, 0.3) is 0 Å². The number of nitrogens with one attached hydrogen (secondary N) is 1. The van der Waals surface area contributed by atoms with Gasteiger partial charge in [0.15, 0.2) is 0 Å². The molecule has 0 saturated heterocycles. The van der Waals surface area contributed by atoms with E-state index in [1.165, 1.54) is 11.8 Å². The molecule has 0 aromatic heterocycles. The number of anilines is 1. The number of carbonyl (C=O) groups is 1. The van der Waals surface area contributed by atoms with E-state index in [9.17, 15) is 4.79 Å². The number of hydrogen-bond acceptors (Lipinski definition) is 4. The van der Waals surface area contributed by atoms with Crippen molar-refractivity contribution < 1.29 is 4.79 Å². The second kappa shape index (κ2) is 8.35. The summed E-state index contributed by atoms with van der Waals surface area (Å²) in [6.45, 7) is 3.88. The fourth-order valence-corrected chi connectivity index (χ4v) is 3.94. The molecule has 0 aliphatic carbocycles. The van der Waals surface area contributed by atoms with Crippen molar-refractivity contribution in [3.8, 4) is 0 Å². The van der Waals surface area contributed by atoms with Crippen LogP contribution in [0, 0.1) is 0 Å². The highest BCUT2D eigenvalue weighted by atomic mass is 79.9. The molecular formula is C19H16BrCl2N3OS. The fraction of sp³-hybridized carbons (Fsp3) is 0.211. The van der Waals surface area contributed by atoms with E-state index in [1.807, 2.05) is 38.1 Å². The van der Waals surface area contributed by atoms with Gasteiger partial charge in [0.05, 0.1) is 21.5 Å². The molecule has 3 rings (SSSR count). The van der Waals surface area contributed by atoms with Crippen molar-refractivity contribution in [2.24, 2.45) is 9.98 Å². The molecular weight excluding hydrogens is 469 g/mol. The average Bonchev–Trinajstić information content (AvgIpc) is 2.92. The molecule has 27 heavy (non-hydrogen) atoms.